The Hall–Kier alpha value is -3.03. The van der Waals surface area contributed by atoms with Crippen LogP contribution in [0.3, 0.4) is 0 Å². The summed E-state index contributed by atoms with van der Waals surface area (Å²) in [6, 6.07) is 15.8. The van der Waals surface area contributed by atoms with Crippen molar-refractivity contribution in [3.05, 3.63) is 59.8 Å². The maximum atomic E-state index is 5.53. The second kappa shape index (κ2) is 8.72. The maximum absolute atomic E-state index is 5.53. The van der Waals surface area contributed by atoms with Crippen molar-refractivity contribution >= 4 is 10.9 Å². The third kappa shape index (κ3) is 4.07. The highest BCUT2D eigenvalue weighted by atomic mass is 16.5. The summed E-state index contributed by atoms with van der Waals surface area (Å²) < 4.78 is 7.37. The zero-order valence-electron chi connectivity index (χ0n) is 19.1. The van der Waals surface area contributed by atoms with Gasteiger partial charge in [0.2, 0.25) is 0 Å². The normalized spacial score (nSPS) is 18.8. The predicted molar refractivity (Wildman–Crippen MR) is 129 cm³/mol. The van der Waals surface area contributed by atoms with Gasteiger partial charge in [0.05, 0.1) is 17.4 Å². The third-order valence-corrected chi connectivity index (χ3v) is 7.32. The summed E-state index contributed by atoms with van der Waals surface area (Å²) in [5.41, 5.74) is 6.29. The quantitative estimate of drug-likeness (QED) is 0.505. The predicted octanol–water partition coefficient (Wildman–Crippen LogP) is 4.48. The summed E-state index contributed by atoms with van der Waals surface area (Å²) in [5.74, 6) is 0.639. The monoisotopic (exact) mass is 442 g/mol. The van der Waals surface area contributed by atoms with E-state index in [4.69, 9.17) is 4.74 Å². The Kier molecular flexibility index (Phi) is 5.44. The number of rotatable bonds is 4. The van der Waals surface area contributed by atoms with Gasteiger partial charge in [-0.05, 0) is 80.9 Å². The number of ether oxygens (including phenoxy) is 1. The van der Waals surface area contributed by atoms with Crippen LogP contribution in [0.5, 0.6) is 0 Å². The van der Waals surface area contributed by atoms with Gasteiger partial charge in [-0.2, -0.15) is 5.10 Å². The molecule has 7 nitrogen and oxygen atoms in total. The molecule has 6 rings (SSSR count). The lowest BCUT2D eigenvalue weighted by atomic mass is 9.88. The van der Waals surface area contributed by atoms with Crippen molar-refractivity contribution in [2.75, 3.05) is 26.3 Å². The first kappa shape index (κ1) is 20.6. The summed E-state index contributed by atoms with van der Waals surface area (Å²) in [4.78, 5) is 2.68. The molecule has 170 valence electrons. The largest absolute Gasteiger partial charge is 0.381 e. The van der Waals surface area contributed by atoms with Gasteiger partial charge in [0.15, 0.2) is 0 Å². The molecule has 0 amide bonds. The number of nitrogens with one attached hydrogen (secondary N) is 1. The summed E-state index contributed by atoms with van der Waals surface area (Å²) in [6.07, 6.45) is 6.79. The fourth-order valence-electron chi connectivity index (χ4n) is 5.37. The van der Waals surface area contributed by atoms with E-state index in [9.17, 15) is 0 Å². The molecular formula is C26H30N6O. The minimum absolute atomic E-state index is 0.639. The molecule has 4 aromatic rings. The van der Waals surface area contributed by atoms with Crippen molar-refractivity contribution in [2.24, 2.45) is 0 Å². The molecule has 33 heavy (non-hydrogen) atoms. The zero-order chi connectivity index (χ0) is 22.2. The van der Waals surface area contributed by atoms with E-state index in [0.717, 1.165) is 47.2 Å². The van der Waals surface area contributed by atoms with E-state index in [2.05, 4.69) is 74.8 Å². The summed E-state index contributed by atoms with van der Waals surface area (Å²) in [7, 11) is 0. The second-order valence-corrected chi connectivity index (χ2v) is 9.41. The first-order chi connectivity index (χ1) is 16.2. The van der Waals surface area contributed by atoms with E-state index >= 15 is 0 Å². The molecule has 2 aromatic carbocycles. The minimum atomic E-state index is 0.639. The number of nitrogens with zero attached hydrogens (tertiary/aromatic N) is 5. The average molecular weight is 443 g/mol. The van der Waals surface area contributed by atoms with Crippen LogP contribution >= 0.6 is 0 Å². The number of hydrogen-bond donors (Lipinski definition) is 1. The summed E-state index contributed by atoms with van der Waals surface area (Å²) >= 11 is 0. The average Bonchev–Trinajstić information content (AvgIpc) is 3.52. The van der Waals surface area contributed by atoms with Crippen LogP contribution in [0.25, 0.3) is 28.0 Å². The summed E-state index contributed by atoms with van der Waals surface area (Å²) in [5, 5.41) is 17.4. The molecule has 2 aliphatic rings. The van der Waals surface area contributed by atoms with Gasteiger partial charge in [-0.3, -0.25) is 5.10 Å². The molecule has 0 radical (unpaired) electrons. The van der Waals surface area contributed by atoms with E-state index in [1.807, 2.05) is 10.9 Å². The topological polar surface area (TPSA) is 71.9 Å². The molecule has 0 atom stereocenters. The molecule has 2 aromatic heterocycles. The van der Waals surface area contributed by atoms with Crippen molar-refractivity contribution in [3.8, 4) is 17.1 Å². The third-order valence-electron chi connectivity index (χ3n) is 7.32. The first-order valence-corrected chi connectivity index (χ1v) is 12.0. The number of aryl methyl sites for hydroxylation is 1. The summed E-state index contributed by atoms with van der Waals surface area (Å²) in [6.45, 7) is 6.31. The van der Waals surface area contributed by atoms with E-state index in [-0.39, 0.29) is 0 Å². The van der Waals surface area contributed by atoms with Crippen LogP contribution in [-0.4, -0.2) is 62.4 Å². The SMILES string of the molecule is Cc1ccc2c(-c3cn(-c4ccc(C5CCN(C6CCOCC6)CC5)cc4)nn3)n[nH]c2c1. The fourth-order valence-corrected chi connectivity index (χ4v) is 5.37. The minimum Gasteiger partial charge on any atom is -0.381 e. The van der Waals surface area contributed by atoms with Crippen LogP contribution in [0.15, 0.2) is 48.7 Å². The van der Waals surface area contributed by atoms with Crippen LogP contribution < -0.4 is 0 Å². The Balaban J connectivity index is 1.14. The van der Waals surface area contributed by atoms with Gasteiger partial charge in [0.1, 0.15) is 11.4 Å². The molecular weight excluding hydrogens is 412 g/mol. The van der Waals surface area contributed by atoms with E-state index in [0.29, 0.717) is 5.92 Å². The van der Waals surface area contributed by atoms with Crippen molar-refractivity contribution in [1.82, 2.24) is 30.1 Å². The first-order valence-electron chi connectivity index (χ1n) is 12.0. The molecule has 0 spiro atoms. The zero-order valence-corrected chi connectivity index (χ0v) is 19.1. The van der Waals surface area contributed by atoms with Crippen LogP contribution in [-0.2, 0) is 4.74 Å². The lowest BCUT2D eigenvalue weighted by Gasteiger charge is -2.39. The number of piperidine rings is 1. The standard InChI is InChI=1S/C26H30N6O/c1-18-2-7-23-24(16-18)27-29-26(23)25-17-32(30-28-25)22-5-3-19(4-6-22)20-8-12-31(13-9-20)21-10-14-33-15-11-21/h2-7,16-17,20-21H,8-15H2,1H3,(H,27,29). The fraction of sp³-hybridized carbons (Fsp3) is 0.423. The van der Waals surface area contributed by atoms with E-state index < -0.39 is 0 Å². The number of H-pyrrole nitrogens is 1. The number of aromatic nitrogens is 5. The van der Waals surface area contributed by atoms with E-state index in [1.54, 1.807) is 0 Å². The molecule has 0 saturated carbocycles. The molecule has 2 fully saturated rings. The number of likely N-dealkylation sites (tertiary alicyclic amines) is 1. The Labute approximate surface area is 193 Å². The van der Waals surface area contributed by atoms with Crippen LogP contribution in [0.2, 0.25) is 0 Å². The highest BCUT2D eigenvalue weighted by Gasteiger charge is 2.27. The van der Waals surface area contributed by atoms with Gasteiger partial charge >= 0.3 is 0 Å². The van der Waals surface area contributed by atoms with Gasteiger partial charge in [0, 0.05) is 24.6 Å². The molecule has 0 unspecified atom stereocenters. The maximum Gasteiger partial charge on any atom is 0.134 e. The lowest BCUT2D eigenvalue weighted by Crippen LogP contribution is -2.43. The van der Waals surface area contributed by atoms with Gasteiger partial charge in [-0.25, -0.2) is 4.68 Å². The van der Waals surface area contributed by atoms with Crippen molar-refractivity contribution < 1.29 is 4.74 Å². The number of fused-ring (bicyclic) bond motifs is 1. The molecule has 7 heteroatoms. The molecule has 2 aliphatic heterocycles. The van der Waals surface area contributed by atoms with E-state index in [1.165, 1.54) is 49.9 Å². The number of aromatic amines is 1. The molecule has 0 bridgehead atoms. The van der Waals surface area contributed by atoms with Crippen LogP contribution in [0.4, 0.5) is 0 Å². The van der Waals surface area contributed by atoms with Crippen molar-refractivity contribution in [2.45, 2.75) is 44.6 Å². The van der Waals surface area contributed by atoms with Gasteiger partial charge in [0.25, 0.3) is 0 Å². The molecule has 2 saturated heterocycles. The second-order valence-electron chi connectivity index (χ2n) is 9.41. The Morgan fingerprint density at radius 1 is 0.970 bits per heavy atom. The van der Waals surface area contributed by atoms with Gasteiger partial charge < -0.3 is 9.64 Å². The van der Waals surface area contributed by atoms with Gasteiger partial charge in [-0.1, -0.05) is 29.5 Å². The Morgan fingerprint density at radius 2 is 1.76 bits per heavy atom. The highest BCUT2D eigenvalue weighted by Crippen LogP contribution is 2.31. The van der Waals surface area contributed by atoms with Crippen LogP contribution in [0, 0.1) is 6.92 Å². The number of hydrogen-bond acceptors (Lipinski definition) is 5. The smallest absolute Gasteiger partial charge is 0.134 e. The highest BCUT2D eigenvalue weighted by molar-refractivity contribution is 5.92. The number of benzene rings is 2. The Bertz CT molecular complexity index is 1230. The van der Waals surface area contributed by atoms with Crippen LogP contribution in [0.1, 0.15) is 42.7 Å². The lowest BCUT2D eigenvalue weighted by molar-refractivity contribution is 0.0252. The Morgan fingerprint density at radius 3 is 2.55 bits per heavy atom. The van der Waals surface area contributed by atoms with Crippen molar-refractivity contribution in [1.29, 1.82) is 0 Å². The van der Waals surface area contributed by atoms with Crippen molar-refractivity contribution in [3.63, 3.8) is 0 Å². The molecule has 4 heterocycles. The van der Waals surface area contributed by atoms with Gasteiger partial charge in [-0.15, -0.1) is 5.10 Å². The molecule has 1 N–H and O–H groups in total. The molecule has 0 aliphatic carbocycles.